The van der Waals surface area contributed by atoms with Gasteiger partial charge in [-0.05, 0) is 63.3 Å². The van der Waals surface area contributed by atoms with Gasteiger partial charge >= 0.3 is 0 Å². The van der Waals surface area contributed by atoms with Crippen LogP contribution in [-0.2, 0) is 11.2 Å². The van der Waals surface area contributed by atoms with Crippen molar-refractivity contribution < 1.29 is 28.2 Å². The Kier molecular flexibility index (Phi) is 8.84. The van der Waals surface area contributed by atoms with Crippen LogP contribution < -0.4 is 24.4 Å². The largest absolute Gasteiger partial charge is 0.497 e. The average Bonchev–Trinajstić information content (AvgIpc) is 2.94. The Bertz CT molecular complexity index is 1410. The number of hydrogen-bond acceptors (Lipinski definition) is 7. The molecule has 2 heterocycles. The summed E-state index contributed by atoms with van der Waals surface area (Å²) >= 11 is 0. The van der Waals surface area contributed by atoms with Gasteiger partial charge in [0.05, 0.1) is 21.3 Å². The fraction of sp³-hybridized carbons (Fsp3) is 0.419. The minimum atomic E-state index is -0.357. The van der Waals surface area contributed by atoms with E-state index in [2.05, 4.69) is 6.92 Å². The molecule has 0 saturated carbocycles. The summed E-state index contributed by atoms with van der Waals surface area (Å²) in [5, 5.41) is 0.257. The number of ether oxygens (including phenoxy) is 4. The van der Waals surface area contributed by atoms with Crippen LogP contribution in [0.1, 0.15) is 39.2 Å². The van der Waals surface area contributed by atoms with Gasteiger partial charge in [-0.1, -0.05) is 18.6 Å². The van der Waals surface area contributed by atoms with E-state index in [-0.39, 0.29) is 40.6 Å². The molecule has 0 unspecified atom stereocenters. The first-order chi connectivity index (χ1) is 18.8. The Balaban J connectivity index is 1.85. The maximum Gasteiger partial charge on any atom is 0.260 e. The summed E-state index contributed by atoms with van der Waals surface area (Å²) in [5.41, 5.74) is 2.37. The Morgan fingerprint density at radius 2 is 1.72 bits per heavy atom. The molecule has 1 fully saturated rings. The molecule has 39 heavy (non-hydrogen) atoms. The second-order valence-electron chi connectivity index (χ2n) is 10.1. The monoisotopic (exact) mass is 535 g/mol. The van der Waals surface area contributed by atoms with Gasteiger partial charge in [-0.25, -0.2) is 0 Å². The lowest BCUT2D eigenvalue weighted by Gasteiger charge is -2.30. The summed E-state index contributed by atoms with van der Waals surface area (Å²) in [6.07, 6.45) is 4.44. The molecule has 1 aliphatic heterocycles. The number of carbonyl (C=O) groups excluding carboxylic acids is 1. The van der Waals surface area contributed by atoms with E-state index in [4.69, 9.17) is 23.4 Å². The number of allylic oxidation sites excluding steroid dienone is 2. The van der Waals surface area contributed by atoms with E-state index in [1.807, 2.05) is 24.8 Å². The van der Waals surface area contributed by atoms with E-state index in [0.29, 0.717) is 40.5 Å². The molecule has 0 atom stereocenters. The van der Waals surface area contributed by atoms with Crippen molar-refractivity contribution in [2.45, 2.75) is 40.0 Å². The normalized spacial score (nSPS) is 13.7. The number of rotatable bonds is 9. The highest BCUT2D eigenvalue weighted by atomic mass is 16.5. The Labute approximate surface area is 229 Å². The zero-order valence-electron chi connectivity index (χ0n) is 23.6. The maximum atomic E-state index is 13.8. The molecule has 0 radical (unpaired) electrons. The zero-order chi connectivity index (χ0) is 28.1. The molecular formula is C31H37NO7. The van der Waals surface area contributed by atoms with Crippen molar-refractivity contribution in [3.8, 4) is 34.3 Å². The van der Waals surface area contributed by atoms with Crippen LogP contribution in [0.3, 0.4) is 0 Å². The average molecular weight is 536 g/mol. The number of piperidine rings is 1. The predicted molar refractivity (Wildman–Crippen MR) is 151 cm³/mol. The molecule has 1 saturated heterocycles. The van der Waals surface area contributed by atoms with Gasteiger partial charge in [0.15, 0.2) is 12.4 Å². The van der Waals surface area contributed by atoms with Gasteiger partial charge < -0.3 is 28.3 Å². The predicted octanol–water partition coefficient (Wildman–Crippen LogP) is 5.63. The summed E-state index contributed by atoms with van der Waals surface area (Å²) in [4.78, 5) is 28.6. The Hall–Kier alpha value is -3.94. The minimum Gasteiger partial charge on any atom is -0.497 e. The van der Waals surface area contributed by atoms with Gasteiger partial charge in [-0.15, -0.1) is 0 Å². The van der Waals surface area contributed by atoms with Crippen molar-refractivity contribution >= 4 is 16.9 Å². The zero-order valence-corrected chi connectivity index (χ0v) is 23.6. The standard InChI is InChI=1S/C31H37NO7/c1-19(2)7-12-23-24(38-18-26(33)32-15-13-20(3)14-16-32)17-25(36-5)27-28(34)31(37-6)29(39-30(23)27)21-8-10-22(35-4)11-9-21/h7-11,17,20H,12-16,18H2,1-6H3. The second-order valence-corrected chi connectivity index (χ2v) is 10.1. The number of fused-ring (bicyclic) bond motifs is 1. The highest BCUT2D eigenvalue weighted by Crippen LogP contribution is 2.40. The fourth-order valence-electron chi connectivity index (χ4n) is 4.74. The molecule has 3 aromatic rings. The Morgan fingerprint density at radius 3 is 2.31 bits per heavy atom. The first-order valence-corrected chi connectivity index (χ1v) is 13.2. The molecule has 0 N–H and O–H groups in total. The number of carbonyl (C=O) groups is 1. The molecule has 0 spiro atoms. The summed E-state index contributed by atoms with van der Waals surface area (Å²) in [5.74, 6) is 2.31. The summed E-state index contributed by atoms with van der Waals surface area (Å²) < 4.78 is 29.0. The number of nitrogens with zero attached hydrogens (tertiary/aromatic N) is 1. The highest BCUT2D eigenvalue weighted by Gasteiger charge is 2.26. The molecule has 1 aromatic heterocycles. The van der Waals surface area contributed by atoms with Crippen LogP contribution in [0, 0.1) is 5.92 Å². The lowest BCUT2D eigenvalue weighted by molar-refractivity contribution is -0.134. The highest BCUT2D eigenvalue weighted by molar-refractivity contribution is 5.92. The van der Waals surface area contributed by atoms with Gasteiger partial charge in [0.2, 0.25) is 11.2 Å². The molecular weight excluding hydrogens is 498 g/mol. The van der Waals surface area contributed by atoms with Crippen molar-refractivity contribution in [1.29, 1.82) is 0 Å². The maximum absolute atomic E-state index is 13.8. The van der Waals surface area contributed by atoms with E-state index in [0.717, 1.165) is 31.5 Å². The number of amides is 1. The Morgan fingerprint density at radius 1 is 1.03 bits per heavy atom. The molecule has 0 bridgehead atoms. The third kappa shape index (κ3) is 6.05. The summed E-state index contributed by atoms with van der Waals surface area (Å²) in [7, 11) is 4.51. The molecule has 1 amide bonds. The smallest absolute Gasteiger partial charge is 0.260 e. The second kappa shape index (κ2) is 12.3. The SMILES string of the molecule is COc1ccc(-c2oc3c(CC=C(C)C)c(OCC(=O)N4CCC(C)CC4)cc(OC)c3c(=O)c2OC)cc1. The number of hydrogen-bond donors (Lipinski definition) is 0. The minimum absolute atomic E-state index is 0.0655. The molecule has 4 rings (SSSR count). The fourth-order valence-corrected chi connectivity index (χ4v) is 4.74. The van der Waals surface area contributed by atoms with Crippen LogP contribution in [0.15, 0.2) is 51.2 Å². The lowest BCUT2D eigenvalue weighted by atomic mass is 9.99. The van der Waals surface area contributed by atoms with Gasteiger partial charge in [-0.2, -0.15) is 0 Å². The summed E-state index contributed by atoms with van der Waals surface area (Å²) in [6, 6.07) is 8.84. The van der Waals surface area contributed by atoms with Crippen LogP contribution in [0.25, 0.3) is 22.3 Å². The molecule has 208 valence electrons. The van der Waals surface area contributed by atoms with E-state index in [1.54, 1.807) is 37.4 Å². The molecule has 0 aliphatic carbocycles. The van der Waals surface area contributed by atoms with Gasteiger partial charge in [0.1, 0.15) is 28.2 Å². The number of benzene rings is 2. The van der Waals surface area contributed by atoms with Gasteiger partial charge in [0, 0.05) is 30.3 Å². The first kappa shape index (κ1) is 28.1. The van der Waals surface area contributed by atoms with E-state index < -0.39 is 0 Å². The van der Waals surface area contributed by atoms with Crippen LogP contribution >= 0.6 is 0 Å². The van der Waals surface area contributed by atoms with Crippen molar-refractivity contribution in [3.63, 3.8) is 0 Å². The topological polar surface area (TPSA) is 87.4 Å². The van der Waals surface area contributed by atoms with Crippen molar-refractivity contribution in [1.82, 2.24) is 4.90 Å². The molecule has 8 heteroatoms. The first-order valence-electron chi connectivity index (χ1n) is 13.2. The van der Waals surface area contributed by atoms with Crippen molar-refractivity contribution in [2.24, 2.45) is 5.92 Å². The van der Waals surface area contributed by atoms with Crippen molar-refractivity contribution in [3.05, 3.63) is 57.8 Å². The van der Waals surface area contributed by atoms with E-state index >= 15 is 0 Å². The molecule has 8 nitrogen and oxygen atoms in total. The molecule has 2 aromatic carbocycles. The van der Waals surface area contributed by atoms with E-state index in [1.165, 1.54) is 14.2 Å². The van der Waals surface area contributed by atoms with Crippen LogP contribution in [0.5, 0.6) is 23.0 Å². The van der Waals surface area contributed by atoms with Crippen LogP contribution in [0.2, 0.25) is 0 Å². The van der Waals surface area contributed by atoms with Crippen LogP contribution in [-0.4, -0.2) is 51.8 Å². The number of methoxy groups -OCH3 is 3. The van der Waals surface area contributed by atoms with Gasteiger partial charge in [-0.3, -0.25) is 9.59 Å². The third-order valence-corrected chi connectivity index (χ3v) is 7.13. The lowest BCUT2D eigenvalue weighted by Crippen LogP contribution is -2.40. The third-order valence-electron chi connectivity index (χ3n) is 7.13. The van der Waals surface area contributed by atoms with E-state index in [9.17, 15) is 9.59 Å². The van der Waals surface area contributed by atoms with Crippen LogP contribution in [0.4, 0.5) is 0 Å². The molecule has 1 aliphatic rings. The van der Waals surface area contributed by atoms with Gasteiger partial charge in [0.25, 0.3) is 5.91 Å². The summed E-state index contributed by atoms with van der Waals surface area (Å²) in [6.45, 7) is 7.54. The van der Waals surface area contributed by atoms with Crippen molar-refractivity contribution in [2.75, 3.05) is 41.0 Å². The number of likely N-dealkylation sites (tertiary alicyclic amines) is 1. The quantitative estimate of drug-likeness (QED) is 0.328.